The van der Waals surface area contributed by atoms with Crippen molar-refractivity contribution in [3.63, 3.8) is 0 Å². The van der Waals surface area contributed by atoms with Crippen LogP contribution >= 0.6 is 23.2 Å². The van der Waals surface area contributed by atoms with Gasteiger partial charge in [0.05, 0.1) is 15.7 Å². The summed E-state index contributed by atoms with van der Waals surface area (Å²) in [7, 11) is 0. The van der Waals surface area contributed by atoms with E-state index in [1.165, 1.54) is 0 Å². The van der Waals surface area contributed by atoms with E-state index in [1.54, 1.807) is 48.5 Å². The molecule has 0 aliphatic rings. The average molecular weight is 322 g/mol. The lowest BCUT2D eigenvalue weighted by Gasteiger charge is -2.09. The first-order valence-electron chi connectivity index (χ1n) is 6.21. The van der Waals surface area contributed by atoms with E-state index in [0.29, 0.717) is 33.7 Å². The Bertz CT molecular complexity index is 671. The van der Waals surface area contributed by atoms with Crippen LogP contribution < -0.4 is 10.1 Å². The summed E-state index contributed by atoms with van der Waals surface area (Å²) in [4.78, 5) is 12.2. The third-order valence-electron chi connectivity index (χ3n) is 2.66. The minimum atomic E-state index is -0.289. The van der Waals surface area contributed by atoms with Crippen molar-refractivity contribution in [1.82, 2.24) is 0 Å². The monoisotopic (exact) mass is 321 g/mol. The maximum Gasteiger partial charge on any atom is 0.255 e. The maximum absolute atomic E-state index is 12.2. The van der Waals surface area contributed by atoms with Crippen molar-refractivity contribution in [2.45, 2.75) is 0 Å². The fourth-order valence-electron chi connectivity index (χ4n) is 1.68. The van der Waals surface area contributed by atoms with Gasteiger partial charge in [-0.2, -0.15) is 0 Å². The standard InChI is InChI=1S/C16H13Cl2NO2/c1-2-9-21-12-6-3-5-11(10-12)16(20)19-14-8-4-7-13(17)15(14)18/h2-8,10H,1,9H2,(H,19,20). The second kappa shape index (κ2) is 7.16. The Morgan fingerprint density at radius 3 is 2.76 bits per heavy atom. The van der Waals surface area contributed by atoms with Crippen LogP contribution in [0.4, 0.5) is 5.69 Å². The van der Waals surface area contributed by atoms with Crippen LogP contribution in [0.3, 0.4) is 0 Å². The molecule has 0 unspecified atom stereocenters. The highest BCUT2D eigenvalue weighted by Crippen LogP contribution is 2.30. The topological polar surface area (TPSA) is 38.3 Å². The molecule has 2 aromatic carbocycles. The number of ether oxygens (including phenoxy) is 1. The van der Waals surface area contributed by atoms with Gasteiger partial charge in [-0.05, 0) is 30.3 Å². The number of rotatable bonds is 5. The highest BCUT2D eigenvalue weighted by atomic mass is 35.5. The Morgan fingerprint density at radius 1 is 1.24 bits per heavy atom. The highest BCUT2D eigenvalue weighted by Gasteiger charge is 2.10. The molecular formula is C16H13Cl2NO2. The Hall–Kier alpha value is -1.97. The van der Waals surface area contributed by atoms with Gasteiger partial charge >= 0.3 is 0 Å². The molecule has 2 rings (SSSR count). The lowest BCUT2D eigenvalue weighted by Crippen LogP contribution is -2.12. The number of hydrogen-bond acceptors (Lipinski definition) is 2. The van der Waals surface area contributed by atoms with Crippen LogP contribution in [0.5, 0.6) is 5.75 Å². The molecule has 0 radical (unpaired) electrons. The number of carbonyl (C=O) groups excluding carboxylic acids is 1. The summed E-state index contributed by atoms with van der Waals surface area (Å²) in [5.41, 5.74) is 0.930. The maximum atomic E-state index is 12.2. The smallest absolute Gasteiger partial charge is 0.255 e. The van der Waals surface area contributed by atoms with Gasteiger partial charge in [-0.3, -0.25) is 4.79 Å². The van der Waals surface area contributed by atoms with Crippen molar-refractivity contribution in [2.24, 2.45) is 0 Å². The summed E-state index contributed by atoms with van der Waals surface area (Å²) in [6, 6.07) is 11.9. The number of benzene rings is 2. The van der Waals surface area contributed by atoms with E-state index in [9.17, 15) is 4.79 Å². The molecule has 1 amide bonds. The van der Waals surface area contributed by atoms with Crippen LogP contribution in [0.15, 0.2) is 55.1 Å². The van der Waals surface area contributed by atoms with Crippen LogP contribution in [0, 0.1) is 0 Å². The van der Waals surface area contributed by atoms with Gasteiger partial charge in [0.25, 0.3) is 5.91 Å². The fourth-order valence-corrected chi connectivity index (χ4v) is 2.02. The zero-order valence-electron chi connectivity index (χ0n) is 11.1. The summed E-state index contributed by atoms with van der Waals surface area (Å²) in [6.45, 7) is 3.96. The van der Waals surface area contributed by atoms with Gasteiger partial charge in [-0.25, -0.2) is 0 Å². The van der Waals surface area contributed by atoms with E-state index in [1.807, 2.05) is 0 Å². The summed E-state index contributed by atoms with van der Waals surface area (Å²) in [5, 5.41) is 3.42. The van der Waals surface area contributed by atoms with Crippen molar-refractivity contribution >= 4 is 34.8 Å². The largest absolute Gasteiger partial charge is 0.490 e. The second-order valence-electron chi connectivity index (χ2n) is 4.18. The van der Waals surface area contributed by atoms with E-state index in [0.717, 1.165) is 0 Å². The molecule has 108 valence electrons. The average Bonchev–Trinajstić information content (AvgIpc) is 2.50. The van der Waals surface area contributed by atoms with E-state index in [2.05, 4.69) is 11.9 Å². The molecule has 0 saturated heterocycles. The zero-order valence-corrected chi connectivity index (χ0v) is 12.6. The second-order valence-corrected chi connectivity index (χ2v) is 4.97. The van der Waals surface area contributed by atoms with Gasteiger partial charge in [0.1, 0.15) is 12.4 Å². The normalized spacial score (nSPS) is 10.0. The van der Waals surface area contributed by atoms with Crippen molar-refractivity contribution < 1.29 is 9.53 Å². The molecule has 2 aromatic rings. The molecule has 3 nitrogen and oxygen atoms in total. The molecule has 0 aliphatic heterocycles. The summed E-state index contributed by atoms with van der Waals surface area (Å²) < 4.78 is 5.39. The lowest BCUT2D eigenvalue weighted by atomic mass is 10.2. The minimum absolute atomic E-state index is 0.289. The van der Waals surface area contributed by atoms with Crippen molar-refractivity contribution in [1.29, 1.82) is 0 Å². The highest BCUT2D eigenvalue weighted by molar-refractivity contribution is 6.44. The predicted molar refractivity (Wildman–Crippen MR) is 86.5 cm³/mol. The van der Waals surface area contributed by atoms with Gasteiger partial charge in [0, 0.05) is 5.56 Å². The van der Waals surface area contributed by atoms with Gasteiger partial charge in [0.15, 0.2) is 0 Å². The number of carbonyl (C=O) groups is 1. The van der Waals surface area contributed by atoms with Crippen LogP contribution in [0.1, 0.15) is 10.4 Å². The van der Waals surface area contributed by atoms with E-state index in [4.69, 9.17) is 27.9 Å². The number of halogens is 2. The van der Waals surface area contributed by atoms with Crippen molar-refractivity contribution in [2.75, 3.05) is 11.9 Å². The Morgan fingerprint density at radius 2 is 2.00 bits per heavy atom. The predicted octanol–water partition coefficient (Wildman–Crippen LogP) is 4.81. The van der Waals surface area contributed by atoms with Gasteiger partial charge in [0.2, 0.25) is 0 Å². The molecule has 0 aliphatic carbocycles. The number of amides is 1. The zero-order chi connectivity index (χ0) is 15.2. The molecule has 1 N–H and O–H groups in total. The molecule has 0 bridgehead atoms. The first kappa shape index (κ1) is 15.4. The van der Waals surface area contributed by atoms with Crippen LogP contribution in [-0.2, 0) is 0 Å². The number of hydrogen-bond donors (Lipinski definition) is 1. The van der Waals surface area contributed by atoms with Crippen LogP contribution in [-0.4, -0.2) is 12.5 Å². The molecule has 21 heavy (non-hydrogen) atoms. The number of nitrogens with one attached hydrogen (secondary N) is 1. The fraction of sp³-hybridized carbons (Fsp3) is 0.0625. The number of anilines is 1. The van der Waals surface area contributed by atoms with Crippen molar-refractivity contribution in [3.8, 4) is 5.75 Å². The summed E-state index contributed by atoms with van der Waals surface area (Å²) in [6.07, 6.45) is 1.64. The molecule has 0 aromatic heterocycles. The molecular weight excluding hydrogens is 309 g/mol. The summed E-state index contributed by atoms with van der Waals surface area (Å²) in [5.74, 6) is 0.308. The van der Waals surface area contributed by atoms with E-state index < -0.39 is 0 Å². The molecule has 0 saturated carbocycles. The van der Waals surface area contributed by atoms with E-state index >= 15 is 0 Å². The van der Waals surface area contributed by atoms with Crippen LogP contribution in [0.2, 0.25) is 10.0 Å². The van der Waals surface area contributed by atoms with Gasteiger partial charge in [-0.15, -0.1) is 0 Å². The first-order valence-corrected chi connectivity index (χ1v) is 6.96. The van der Waals surface area contributed by atoms with Crippen LogP contribution in [0.25, 0.3) is 0 Å². The third kappa shape index (κ3) is 4.00. The molecule has 0 fully saturated rings. The Labute approximate surface area is 133 Å². The van der Waals surface area contributed by atoms with Gasteiger partial charge in [-0.1, -0.05) is 48.0 Å². The molecule has 0 spiro atoms. The third-order valence-corrected chi connectivity index (χ3v) is 3.48. The van der Waals surface area contributed by atoms with Crippen molar-refractivity contribution in [3.05, 3.63) is 70.7 Å². The van der Waals surface area contributed by atoms with Gasteiger partial charge < -0.3 is 10.1 Å². The molecule has 0 atom stereocenters. The Balaban J connectivity index is 2.16. The summed E-state index contributed by atoms with van der Waals surface area (Å²) >= 11 is 12.0. The first-order chi connectivity index (χ1) is 10.1. The Kier molecular flexibility index (Phi) is 5.26. The lowest BCUT2D eigenvalue weighted by molar-refractivity contribution is 0.102. The quantitative estimate of drug-likeness (QED) is 0.802. The molecule has 5 heteroatoms. The minimum Gasteiger partial charge on any atom is -0.490 e. The van der Waals surface area contributed by atoms with E-state index in [-0.39, 0.29) is 5.91 Å². The SMILES string of the molecule is C=CCOc1cccc(C(=O)Nc2cccc(Cl)c2Cl)c1. The molecule has 0 heterocycles.